The van der Waals surface area contributed by atoms with Gasteiger partial charge in [-0.05, 0) is 31.4 Å². The molecule has 0 amide bonds. The lowest BCUT2D eigenvalue weighted by molar-refractivity contribution is 0.566. The summed E-state index contributed by atoms with van der Waals surface area (Å²) in [4.78, 5) is 21.1. The van der Waals surface area contributed by atoms with Gasteiger partial charge in [0.2, 0.25) is 0 Å². The summed E-state index contributed by atoms with van der Waals surface area (Å²) in [5, 5.41) is 0. The van der Waals surface area contributed by atoms with Gasteiger partial charge in [-0.15, -0.1) is 0 Å². The molecule has 1 aliphatic rings. The molecule has 3 aromatic heterocycles. The van der Waals surface area contributed by atoms with Crippen LogP contribution in [0.2, 0.25) is 0 Å². The van der Waals surface area contributed by atoms with Crippen LogP contribution in [-0.4, -0.2) is 42.2 Å². The van der Waals surface area contributed by atoms with Gasteiger partial charge in [0.25, 0.3) is 0 Å². The van der Waals surface area contributed by atoms with Crippen molar-refractivity contribution in [3.05, 3.63) is 42.7 Å². The quantitative estimate of drug-likeness (QED) is 0.408. The van der Waals surface area contributed by atoms with E-state index in [9.17, 15) is 0 Å². The number of nitrogens with zero attached hydrogens (tertiary/aromatic N) is 7. The minimum Gasteiger partial charge on any atom is -0.355 e. The Morgan fingerprint density at radius 3 is 2.70 bits per heavy atom. The summed E-state index contributed by atoms with van der Waals surface area (Å²) in [6, 6.07) is 8.42. The van der Waals surface area contributed by atoms with Gasteiger partial charge < -0.3 is 14.0 Å². The smallest absolute Gasteiger partial charge is 0.165 e. The van der Waals surface area contributed by atoms with E-state index in [4.69, 9.17) is 4.98 Å². The first kappa shape index (κ1) is 19.0. The van der Waals surface area contributed by atoms with E-state index in [-0.39, 0.29) is 0 Å². The molecule has 1 saturated heterocycles. The van der Waals surface area contributed by atoms with E-state index in [0.717, 1.165) is 48.0 Å². The third-order valence-corrected chi connectivity index (χ3v) is 6.07. The molecule has 156 valence electrons. The van der Waals surface area contributed by atoms with Crippen molar-refractivity contribution in [2.75, 3.05) is 18.0 Å². The summed E-state index contributed by atoms with van der Waals surface area (Å²) in [5.41, 5.74) is 4.04. The van der Waals surface area contributed by atoms with Crippen LogP contribution in [0, 0.1) is 0 Å². The summed E-state index contributed by atoms with van der Waals surface area (Å²) in [7, 11) is 0. The topological polar surface area (TPSA) is 64.7 Å². The van der Waals surface area contributed by atoms with Gasteiger partial charge in [0.15, 0.2) is 17.0 Å². The largest absolute Gasteiger partial charge is 0.355 e. The second kappa shape index (κ2) is 8.42. The molecule has 30 heavy (non-hydrogen) atoms. The fourth-order valence-corrected chi connectivity index (χ4v) is 4.49. The van der Waals surface area contributed by atoms with Gasteiger partial charge in [-0.2, -0.15) is 0 Å². The van der Waals surface area contributed by atoms with E-state index in [1.807, 2.05) is 6.33 Å². The summed E-state index contributed by atoms with van der Waals surface area (Å²) in [6.07, 6.45) is 10.9. The number of aromatic nitrogens is 6. The predicted octanol–water partition coefficient (Wildman–Crippen LogP) is 4.40. The number of aryl methyl sites for hydroxylation is 1. The SMILES string of the molecule is CCCCCCn1c(Cn2cnc3c(N4CCCC4)ncnc32)nc2ccccc21. The highest BCUT2D eigenvalue weighted by Gasteiger charge is 2.20. The predicted molar refractivity (Wildman–Crippen MR) is 120 cm³/mol. The highest BCUT2D eigenvalue weighted by atomic mass is 15.2. The summed E-state index contributed by atoms with van der Waals surface area (Å²) < 4.78 is 4.49. The van der Waals surface area contributed by atoms with Crippen LogP contribution < -0.4 is 4.90 Å². The Morgan fingerprint density at radius 1 is 0.967 bits per heavy atom. The Labute approximate surface area is 176 Å². The van der Waals surface area contributed by atoms with Gasteiger partial charge >= 0.3 is 0 Å². The molecule has 0 unspecified atom stereocenters. The second-order valence-electron chi connectivity index (χ2n) is 8.17. The minimum absolute atomic E-state index is 0.662. The second-order valence-corrected chi connectivity index (χ2v) is 8.17. The van der Waals surface area contributed by atoms with Crippen molar-refractivity contribution >= 4 is 28.0 Å². The highest BCUT2D eigenvalue weighted by Crippen LogP contribution is 2.26. The molecule has 0 bridgehead atoms. The van der Waals surface area contributed by atoms with E-state index in [1.165, 1.54) is 44.0 Å². The van der Waals surface area contributed by atoms with Crippen LogP contribution in [0.15, 0.2) is 36.9 Å². The lowest BCUT2D eigenvalue weighted by atomic mass is 10.2. The molecule has 0 N–H and O–H groups in total. The first-order chi connectivity index (χ1) is 14.8. The summed E-state index contributed by atoms with van der Waals surface area (Å²) in [6.45, 7) is 6.01. The molecule has 1 aliphatic heterocycles. The molecule has 0 spiro atoms. The van der Waals surface area contributed by atoms with Gasteiger partial charge in [-0.25, -0.2) is 19.9 Å². The number of rotatable bonds is 8. The van der Waals surface area contributed by atoms with Crippen LogP contribution in [0.25, 0.3) is 22.2 Å². The van der Waals surface area contributed by atoms with Crippen molar-refractivity contribution in [1.82, 2.24) is 29.1 Å². The Hall–Kier alpha value is -2.96. The van der Waals surface area contributed by atoms with Crippen molar-refractivity contribution in [3.63, 3.8) is 0 Å². The van der Waals surface area contributed by atoms with Crippen LogP contribution in [0.1, 0.15) is 51.3 Å². The normalized spacial score (nSPS) is 14.4. The fourth-order valence-electron chi connectivity index (χ4n) is 4.49. The molecular formula is C23H29N7. The molecule has 4 aromatic rings. The van der Waals surface area contributed by atoms with E-state index in [2.05, 4.69) is 60.2 Å². The third-order valence-electron chi connectivity index (χ3n) is 6.07. The molecule has 1 aromatic carbocycles. The number of hydrogen-bond acceptors (Lipinski definition) is 5. The van der Waals surface area contributed by atoms with Crippen LogP contribution in [0.4, 0.5) is 5.82 Å². The Balaban J connectivity index is 1.48. The molecule has 0 aliphatic carbocycles. The first-order valence-electron chi connectivity index (χ1n) is 11.2. The maximum Gasteiger partial charge on any atom is 0.165 e. The van der Waals surface area contributed by atoms with Crippen molar-refractivity contribution in [2.24, 2.45) is 0 Å². The number of benzene rings is 1. The number of hydrogen-bond donors (Lipinski definition) is 0. The van der Waals surface area contributed by atoms with Crippen molar-refractivity contribution in [3.8, 4) is 0 Å². The Bertz CT molecular complexity index is 1140. The molecule has 0 saturated carbocycles. The van der Waals surface area contributed by atoms with E-state index < -0.39 is 0 Å². The lowest BCUT2D eigenvalue weighted by Gasteiger charge is -2.16. The zero-order chi connectivity index (χ0) is 20.3. The van der Waals surface area contributed by atoms with Gasteiger partial charge in [0.1, 0.15) is 12.2 Å². The third kappa shape index (κ3) is 3.53. The van der Waals surface area contributed by atoms with E-state index >= 15 is 0 Å². The highest BCUT2D eigenvalue weighted by molar-refractivity contribution is 5.83. The monoisotopic (exact) mass is 403 g/mol. The van der Waals surface area contributed by atoms with E-state index in [1.54, 1.807) is 6.33 Å². The molecule has 0 atom stereocenters. The molecule has 7 nitrogen and oxygen atoms in total. The van der Waals surface area contributed by atoms with Crippen molar-refractivity contribution in [1.29, 1.82) is 0 Å². The number of para-hydroxylation sites is 2. The van der Waals surface area contributed by atoms with Gasteiger partial charge in [0, 0.05) is 19.6 Å². The van der Waals surface area contributed by atoms with Crippen molar-refractivity contribution in [2.45, 2.75) is 58.5 Å². The fraction of sp³-hybridized carbons (Fsp3) is 0.478. The number of unbranched alkanes of at least 4 members (excludes halogenated alkanes) is 3. The molecule has 5 rings (SSSR count). The van der Waals surface area contributed by atoms with Crippen LogP contribution in [-0.2, 0) is 13.1 Å². The molecular weight excluding hydrogens is 374 g/mol. The maximum absolute atomic E-state index is 4.95. The average molecular weight is 404 g/mol. The van der Waals surface area contributed by atoms with E-state index in [0.29, 0.717) is 6.54 Å². The molecule has 4 heterocycles. The van der Waals surface area contributed by atoms with Crippen molar-refractivity contribution < 1.29 is 0 Å². The Morgan fingerprint density at radius 2 is 1.83 bits per heavy atom. The molecule has 7 heteroatoms. The van der Waals surface area contributed by atoms with Crippen LogP contribution in [0.3, 0.4) is 0 Å². The van der Waals surface area contributed by atoms with Gasteiger partial charge in [-0.1, -0.05) is 38.3 Å². The molecule has 0 radical (unpaired) electrons. The lowest BCUT2D eigenvalue weighted by Crippen LogP contribution is -2.19. The minimum atomic E-state index is 0.662. The number of anilines is 1. The number of imidazole rings is 2. The zero-order valence-corrected chi connectivity index (χ0v) is 17.7. The van der Waals surface area contributed by atoms with Gasteiger partial charge in [0.05, 0.1) is 23.9 Å². The van der Waals surface area contributed by atoms with Crippen LogP contribution in [0.5, 0.6) is 0 Å². The zero-order valence-electron chi connectivity index (χ0n) is 17.7. The van der Waals surface area contributed by atoms with Gasteiger partial charge in [-0.3, -0.25) is 0 Å². The summed E-state index contributed by atoms with van der Waals surface area (Å²) >= 11 is 0. The maximum atomic E-state index is 4.95. The standard InChI is InChI=1S/C23H29N7/c1-2-3-4-7-14-30-19-11-6-5-10-18(19)27-20(30)15-29-17-26-21-22(24-16-25-23(21)29)28-12-8-9-13-28/h5-6,10-11,16-17H,2-4,7-9,12-15H2,1H3. The summed E-state index contributed by atoms with van der Waals surface area (Å²) in [5.74, 6) is 2.03. The average Bonchev–Trinajstić information content (AvgIpc) is 3.51. The molecule has 1 fully saturated rings. The van der Waals surface area contributed by atoms with Crippen LogP contribution >= 0.6 is 0 Å². The number of fused-ring (bicyclic) bond motifs is 2. The Kier molecular flexibility index (Phi) is 5.34. The first-order valence-corrected chi connectivity index (χ1v) is 11.2.